The Labute approximate surface area is 283 Å². The highest BCUT2D eigenvalue weighted by Gasteiger charge is 2.77. The number of rotatable bonds is 8. The van der Waals surface area contributed by atoms with Crippen molar-refractivity contribution in [3.05, 3.63) is 132 Å². The molecule has 5 atom stereocenters. The van der Waals surface area contributed by atoms with E-state index in [1.165, 1.54) is 11.8 Å². The first kappa shape index (κ1) is 30.2. The second-order valence-electron chi connectivity index (χ2n) is 11.9. The lowest BCUT2D eigenvalue weighted by Crippen LogP contribution is -2.78. The molecule has 8 rings (SSSR count). The van der Waals surface area contributed by atoms with E-state index in [-0.39, 0.29) is 5.91 Å². The van der Waals surface area contributed by atoms with E-state index >= 15 is 0 Å². The minimum absolute atomic E-state index is 0.380. The Kier molecular flexibility index (Phi) is 7.59. The Hall–Kier alpha value is -4.16. The number of amides is 2. The maximum atomic E-state index is 14.5. The van der Waals surface area contributed by atoms with Gasteiger partial charge in [-0.25, -0.2) is 9.78 Å². The molecule has 236 valence electrons. The Morgan fingerprint density at radius 3 is 2.21 bits per heavy atom. The van der Waals surface area contributed by atoms with Gasteiger partial charge in [0.25, 0.3) is 17.5 Å². The van der Waals surface area contributed by atoms with Gasteiger partial charge >= 0.3 is 5.97 Å². The number of nitrogens with zero attached hydrogens (tertiary/aromatic N) is 2. The number of hydrogen-bond donors (Lipinski definition) is 1. The van der Waals surface area contributed by atoms with E-state index in [4.69, 9.17) is 14.5 Å². The predicted octanol–water partition coefficient (Wildman–Crippen LogP) is 6.35. The summed E-state index contributed by atoms with van der Waals surface area (Å²) in [6.45, 7) is 1.98. The minimum atomic E-state index is -1.57. The molecule has 1 aromatic heterocycles. The summed E-state index contributed by atoms with van der Waals surface area (Å²) in [5.41, 5.74) is 1.65. The van der Waals surface area contributed by atoms with Gasteiger partial charge in [0.15, 0.2) is 16.5 Å². The first-order chi connectivity index (χ1) is 22.9. The third kappa shape index (κ3) is 5.12. The summed E-state index contributed by atoms with van der Waals surface area (Å²) in [5, 5.41) is 2.25. The molecule has 11 heteroatoms. The molecule has 3 fully saturated rings. The van der Waals surface area contributed by atoms with Gasteiger partial charge < -0.3 is 19.7 Å². The van der Waals surface area contributed by atoms with E-state index in [1.807, 2.05) is 110 Å². The number of benzene rings is 4. The topological polar surface area (TPSA) is 97.8 Å². The molecular formula is C36H29N3O5S3. The molecule has 4 aromatic carbocycles. The second kappa shape index (κ2) is 11.8. The van der Waals surface area contributed by atoms with E-state index in [2.05, 4.69) is 5.32 Å². The van der Waals surface area contributed by atoms with Crippen LogP contribution in [0.25, 0.3) is 10.2 Å². The molecule has 2 amide bonds. The highest BCUT2D eigenvalue weighted by Crippen LogP contribution is 2.59. The molecule has 47 heavy (non-hydrogen) atoms. The SMILES string of the molecule is C[C@@]1(CSc2nc3ccccc3s2)S[C@H]2N(C(=O)[C@@]23NC(=O)[C@@H](c2ccccc2)O3)[C@H]1C(=O)OC(c1ccccc1)c1ccccc1. The summed E-state index contributed by atoms with van der Waals surface area (Å²) in [6.07, 6.45) is -1.61. The fourth-order valence-electron chi connectivity index (χ4n) is 6.49. The quantitative estimate of drug-likeness (QED) is 0.115. The van der Waals surface area contributed by atoms with Gasteiger partial charge in [-0.05, 0) is 35.7 Å². The average Bonchev–Trinajstić information content (AvgIpc) is 3.79. The molecule has 3 aliphatic heterocycles. The van der Waals surface area contributed by atoms with Gasteiger partial charge in [0, 0.05) is 5.75 Å². The number of thioether (sulfide) groups is 2. The predicted molar refractivity (Wildman–Crippen MR) is 183 cm³/mol. The van der Waals surface area contributed by atoms with Gasteiger partial charge in [0.2, 0.25) is 0 Å². The number of carbonyl (C=O) groups is 3. The average molecular weight is 680 g/mol. The maximum Gasteiger partial charge on any atom is 0.331 e. The smallest absolute Gasteiger partial charge is 0.331 e. The summed E-state index contributed by atoms with van der Waals surface area (Å²) in [6, 6.07) is 35.3. The molecule has 3 saturated heterocycles. The van der Waals surface area contributed by atoms with Crippen molar-refractivity contribution in [3.63, 3.8) is 0 Å². The largest absolute Gasteiger partial charge is 0.451 e. The number of esters is 1. The molecule has 1 spiro atoms. The summed E-state index contributed by atoms with van der Waals surface area (Å²) in [5.74, 6) is -0.884. The van der Waals surface area contributed by atoms with Crippen LogP contribution < -0.4 is 5.32 Å². The van der Waals surface area contributed by atoms with Gasteiger partial charge in [0.05, 0.1) is 15.0 Å². The number of nitrogens with one attached hydrogen (secondary N) is 1. The Morgan fingerprint density at radius 2 is 1.55 bits per heavy atom. The summed E-state index contributed by atoms with van der Waals surface area (Å²) >= 11 is 4.61. The lowest BCUT2D eigenvalue weighted by Gasteiger charge is -2.49. The van der Waals surface area contributed by atoms with Crippen LogP contribution in [0.4, 0.5) is 0 Å². The van der Waals surface area contributed by atoms with Crippen LogP contribution in [0.2, 0.25) is 0 Å². The molecular weight excluding hydrogens is 651 g/mol. The third-order valence-electron chi connectivity index (χ3n) is 8.76. The first-order valence-corrected chi connectivity index (χ1v) is 17.9. The molecule has 0 aliphatic carbocycles. The van der Waals surface area contributed by atoms with E-state index in [0.29, 0.717) is 11.3 Å². The highest BCUT2D eigenvalue weighted by atomic mass is 32.2. The maximum absolute atomic E-state index is 14.5. The molecule has 4 heterocycles. The number of β-lactam (4-membered cyclic amide) rings is 1. The van der Waals surface area contributed by atoms with Crippen molar-refractivity contribution in [1.82, 2.24) is 15.2 Å². The van der Waals surface area contributed by atoms with E-state index in [0.717, 1.165) is 25.7 Å². The fraction of sp³-hybridized carbons (Fsp3) is 0.222. The number of para-hydroxylation sites is 1. The number of aromatic nitrogens is 1. The standard InChI is InChI=1S/C36H29N3O5S3/c1-35(21-45-34-37-25-19-11-12-20-26(25)46-34)29(31(41)43-27(22-13-5-2-6-14-22)23-15-7-3-8-16-23)39-32(42)36(33(39)47-35)38-30(40)28(44-36)24-17-9-4-10-18-24/h2-20,27-29,33H,21H2,1H3,(H,38,40)/t28-,29+,33-,35+,36+/m1/s1. The van der Waals surface area contributed by atoms with Crippen molar-refractivity contribution >= 4 is 62.9 Å². The van der Waals surface area contributed by atoms with Crippen LogP contribution in [0.5, 0.6) is 0 Å². The third-order valence-corrected chi connectivity index (χ3v) is 13.1. The summed E-state index contributed by atoms with van der Waals surface area (Å²) in [7, 11) is 0. The molecule has 3 aliphatic rings. The molecule has 0 unspecified atom stereocenters. The van der Waals surface area contributed by atoms with Gasteiger partial charge in [-0.1, -0.05) is 115 Å². The van der Waals surface area contributed by atoms with Gasteiger partial charge in [0.1, 0.15) is 11.4 Å². The molecule has 0 saturated carbocycles. The molecule has 0 bridgehead atoms. The number of carbonyl (C=O) groups excluding carboxylic acids is 3. The van der Waals surface area contributed by atoms with E-state index in [9.17, 15) is 14.4 Å². The first-order valence-electron chi connectivity index (χ1n) is 15.2. The zero-order valence-corrected chi connectivity index (χ0v) is 27.6. The van der Waals surface area contributed by atoms with E-state index < -0.39 is 46.0 Å². The molecule has 8 nitrogen and oxygen atoms in total. The van der Waals surface area contributed by atoms with Crippen LogP contribution in [0.15, 0.2) is 120 Å². The Morgan fingerprint density at radius 1 is 0.936 bits per heavy atom. The normalized spacial score (nSPS) is 26.4. The van der Waals surface area contributed by atoms with Gasteiger partial charge in [-0.2, -0.15) is 0 Å². The number of hydrogen-bond acceptors (Lipinski definition) is 9. The monoisotopic (exact) mass is 679 g/mol. The van der Waals surface area contributed by atoms with Crippen molar-refractivity contribution in [2.24, 2.45) is 0 Å². The zero-order valence-electron chi connectivity index (χ0n) is 25.1. The molecule has 0 radical (unpaired) electrons. The van der Waals surface area contributed by atoms with Crippen molar-refractivity contribution < 1.29 is 23.9 Å². The lowest BCUT2D eigenvalue weighted by atomic mass is 9.93. The lowest BCUT2D eigenvalue weighted by molar-refractivity contribution is -0.201. The van der Waals surface area contributed by atoms with Crippen LogP contribution in [0, 0.1) is 0 Å². The summed E-state index contributed by atoms with van der Waals surface area (Å²) in [4.78, 5) is 48.2. The Balaban J connectivity index is 1.13. The van der Waals surface area contributed by atoms with Crippen molar-refractivity contribution in [3.8, 4) is 0 Å². The van der Waals surface area contributed by atoms with E-state index in [1.54, 1.807) is 40.1 Å². The number of fused-ring (bicyclic) bond motifs is 3. The van der Waals surface area contributed by atoms with Gasteiger partial charge in [-0.15, -0.1) is 23.1 Å². The highest BCUT2D eigenvalue weighted by molar-refractivity contribution is 8.05. The second-order valence-corrected chi connectivity index (χ2v) is 15.8. The van der Waals surface area contributed by atoms with Crippen LogP contribution >= 0.6 is 34.9 Å². The minimum Gasteiger partial charge on any atom is -0.451 e. The Bertz CT molecular complexity index is 1900. The van der Waals surface area contributed by atoms with Gasteiger partial charge in [-0.3, -0.25) is 9.59 Å². The molecule has 5 aromatic rings. The summed E-state index contributed by atoms with van der Waals surface area (Å²) < 4.78 is 13.8. The van der Waals surface area contributed by atoms with Crippen LogP contribution in [0.3, 0.4) is 0 Å². The van der Waals surface area contributed by atoms with Crippen molar-refractivity contribution in [2.75, 3.05) is 5.75 Å². The number of thiazole rings is 1. The number of ether oxygens (including phenoxy) is 2. The fourth-order valence-corrected chi connectivity index (χ4v) is 10.6. The zero-order chi connectivity index (χ0) is 32.2. The van der Waals surface area contributed by atoms with Crippen LogP contribution in [-0.2, 0) is 23.9 Å². The van der Waals surface area contributed by atoms with Crippen molar-refractivity contribution in [1.29, 1.82) is 0 Å². The van der Waals surface area contributed by atoms with Crippen molar-refractivity contribution in [2.45, 2.75) is 45.4 Å². The molecule has 1 N–H and O–H groups in total. The van der Waals surface area contributed by atoms with Crippen LogP contribution in [-0.4, -0.2) is 55.3 Å². The van der Waals surface area contributed by atoms with Crippen LogP contribution in [0.1, 0.15) is 35.8 Å².